The van der Waals surface area contributed by atoms with Crippen LogP contribution in [0.3, 0.4) is 0 Å². The molecule has 0 amide bonds. The van der Waals surface area contributed by atoms with Gasteiger partial charge in [0.2, 0.25) is 0 Å². The zero-order chi connectivity index (χ0) is 13.5. The van der Waals surface area contributed by atoms with E-state index in [0.717, 1.165) is 11.1 Å². The highest BCUT2D eigenvalue weighted by Crippen LogP contribution is 2.09. The molecule has 1 aromatic carbocycles. The van der Waals surface area contributed by atoms with Gasteiger partial charge in [-0.2, -0.15) is 0 Å². The van der Waals surface area contributed by atoms with E-state index in [4.69, 9.17) is 4.74 Å². The van der Waals surface area contributed by atoms with Gasteiger partial charge in [0, 0.05) is 0 Å². The highest BCUT2D eigenvalue weighted by atomic mass is 16.5. The second-order valence-corrected chi connectivity index (χ2v) is 4.27. The molecule has 0 unspecified atom stereocenters. The van der Waals surface area contributed by atoms with Crippen molar-refractivity contribution in [1.82, 2.24) is 0 Å². The van der Waals surface area contributed by atoms with E-state index in [-0.39, 0.29) is 5.97 Å². The van der Waals surface area contributed by atoms with Gasteiger partial charge in [-0.25, -0.2) is 4.79 Å². The third kappa shape index (κ3) is 4.42. The van der Waals surface area contributed by atoms with Crippen LogP contribution in [0, 0.1) is 6.92 Å². The van der Waals surface area contributed by atoms with Gasteiger partial charge in [0.25, 0.3) is 0 Å². The monoisotopic (exact) mass is 242 g/mol. The van der Waals surface area contributed by atoms with Gasteiger partial charge in [-0.1, -0.05) is 35.9 Å². The third-order valence-electron chi connectivity index (χ3n) is 2.28. The Balaban J connectivity index is 2.80. The molecule has 2 heteroatoms. The molecular weight excluding hydrogens is 224 g/mol. The van der Waals surface area contributed by atoms with Crippen molar-refractivity contribution in [2.24, 2.45) is 0 Å². The first-order valence-electron chi connectivity index (χ1n) is 5.79. The minimum absolute atomic E-state index is 0.372. The fourth-order valence-electron chi connectivity index (χ4n) is 1.25. The number of carbonyl (C=O) groups is 1. The summed E-state index contributed by atoms with van der Waals surface area (Å²) in [5.74, 6) is 0.0741. The first-order valence-corrected chi connectivity index (χ1v) is 5.79. The van der Waals surface area contributed by atoms with Crippen LogP contribution in [0.2, 0.25) is 0 Å². The van der Waals surface area contributed by atoms with Crippen molar-refractivity contribution >= 4 is 5.97 Å². The number of allylic oxidation sites excluding steroid dienone is 4. The number of rotatable bonds is 4. The summed E-state index contributed by atoms with van der Waals surface area (Å²) in [6.07, 6.45) is 5.12. The Morgan fingerprint density at radius 1 is 1.17 bits per heavy atom. The molecule has 0 spiro atoms. The largest absolute Gasteiger partial charge is 0.423 e. The van der Waals surface area contributed by atoms with Crippen molar-refractivity contribution in [3.05, 3.63) is 71.5 Å². The van der Waals surface area contributed by atoms with Crippen molar-refractivity contribution in [2.75, 3.05) is 0 Å². The van der Waals surface area contributed by atoms with Crippen molar-refractivity contribution in [3.8, 4) is 0 Å². The van der Waals surface area contributed by atoms with Crippen LogP contribution in [0.25, 0.3) is 0 Å². The molecule has 0 fully saturated rings. The Morgan fingerprint density at radius 3 is 2.28 bits per heavy atom. The van der Waals surface area contributed by atoms with E-state index in [1.54, 1.807) is 18.2 Å². The standard InChI is InChI=1S/C16H18O2/c1-5-15(11-6-12(2)3)18-16(17)14-9-7-13(4)8-10-14/h5-11H,1H2,2-4H3/b15-11+. The van der Waals surface area contributed by atoms with Crippen molar-refractivity contribution in [3.63, 3.8) is 0 Å². The Labute approximate surface area is 108 Å². The molecule has 0 bridgehead atoms. The fraction of sp³-hybridized carbons (Fsp3) is 0.188. The van der Waals surface area contributed by atoms with Crippen molar-refractivity contribution < 1.29 is 9.53 Å². The van der Waals surface area contributed by atoms with Gasteiger partial charge in [0.15, 0.2) is 0 Å². The highest BCUT2D eigenvalue weighted by molar-refractivity contribution is 5.90. The molecule has 0 aromatic heterocycles. The maximum atomic E-state index is 11.8. The predicted molar refractivity (Wildman–Crippen MR) is 74.3 cm³/mol. The van der Waals surface area contributed by atoms with E-state index < -0.39 is 0 Å². The van der Waals surface area contributed by atoms with E-state index in [1.165, 1.54) is 6.08 Å². The molecule has 0 aliphatic carbocycles. The molecule has 18 heavy (non-hydrogen) atoms. The van der Waals surface area contributed by atoms with Crippen LogP contribution < -0.4 is 0 Å². The molecule has 0 atom stereocenters. The summed E-state index contributed by atoms with van der Waals surface area (Å²) in [4.78, 5) is 11.8. The molecule has 0 heterocycles. The zero-order valence-electron chi connectivity index (χ0n) is 11.1. The van der Waals surface area contributed by atoms with Crippen LogP contribution >= 0.6 is 0 Å². The average Bonchev–Trinajstić information content (AvgIpc) is 2.34. The summed E-state index contributed by atoms with van der Waals surface area (Å²) in [5, 5.41) is 0. The lowest BCUT2D eigenvalue weighted by Crippen LogP contribution is -2.03. The maximum absolute atomic E-state index is 11.8. The minimum atomic E-state index is -0.372. The van der Waals surface area contributed by atoms with Gasteiger partial charge >= 0.3 is 5.97 Å². The number of aryl methyl sites for hydroxylation is 1. The third-order valence-corrected chi connectivity index (χ3v) is 2.28. The number of esters is 1. The lowest BCUT2D eigenvalue weighted by atomic mass is 10.1. The number of ether oxygens (including phenoxy) is 1. The van der Waals surface area contributed by atoms with Crippen LogP contribution in [-0.4, -0.2) is 5.97 Å². The Kier molecular flexibility index (Phi) is 5.12. The van der Waals surface area contributed by atoms with Gasteiger partial charge in [0.05, 0.1) is 5.56 Å². The van der Waals surface area contributed by atoms with Gasteiger partial charge < -0.3 is 4.74 Å². The van der Waals surface area contributed by atoms with Gasteiger partial charge in [-0.3, -0.25) is 0 Å². The molecule has 0 aliphatic heterocycles. The van der Waals surface area contributed by atoms with Gasteiger partial charge in [0.1, 0.15) is 5.76 Å². The number of hydrogen-bond donors (Lipinski definition) is 0. The lowest BCUT2D eigenvalue weighted by Gasteiger charge is -2.04. The molecule has 0 saturated carbocycles. The highest BCUT2D eigenvalue weighted by Gasteiger charge is 2.07. The second kappa shape index (κ2) is 6.60. The SMILES string of the molecule is C=C/C(=C\C=C(C)C)OC(=O)c1ccc(C)cc1. The van der Waals surface area contributed by atoms with E-state index in [2.05, 4.69) is 6.58 Å². The van der Waals surface area contributed by atoms with Crippen LogP contribution in [-0.2, 0) is 4.74 Å². The van der Waals surface area contributed by atoms with E-state index in [9.17, 15) is 4.79 Å². The van der Waals surface area contributed by atoms with Gasteiger partial charge in [-0.15, -0.1) is 0 Å². The summed E-state index contributed by atoms with van der Waals surface area (Å²) < 4.78 is 5.24. The van der Waals surface area contributed by atoms with Crippen molar-refractivity contribution in [2.45, 2.75) is 20.8 Å². The summed E-state index contributed by atoms with van der Waals surface area (Å²) in [7, 11) is 0. The maximum Gasteiger partial charge on any atom is 0.343 e. The molecular formula is C16H18O2. The van der Waals surface area contributed by atoms with Crippen LogP contribution in [0.5, 0.6) is 0 Å². The fourth-order valence-corrected chi connectivity index (χ4v) is 1.25. The molecule has 94 valence electrons. The topological polar surface area (TPSA) is 26.3 Å². The van der Waals surface area contributed by atoms with Crippen LogP contribution in [0.15, 0.2) is 60.4 Å². The lowest BCUT2D eigenvalue weighted by molar-refractivity contribution is 0.0637. The molecule has 0 saturated heterocycles. The molecule has 1 aromatic rings. The molecule has 1 rings (SSSR count). The van der Waals surface area contributed by atoms with E-state index in [1.807, 2.05) is 39.0 Å². The summed E-state index contributed by atoms with van der Waals surface area (Å²) >= 11 is 0. The first-order chi connectivity index (χ1) is 8.52. The summed E-state index contributed by atoms with van der Waals surface area (Å²) in [6.45, 7) is 9.54. The summed E-state index contributed by atoms with van der Waals surface area (Å²) in [6, 6.07) is 7.26. The molecule has 0 aliphatic rings. The Morgan fingerprint density at radius 2 is 1.78 bits per heavy atom. The second-order valence-electron chi connectivity index (χ2n) is 4.27. The molecule has 2 nitrogen and oxygen atoms in total. The average molecular weight is 242 g/mol. The zero-order valence-corrected chi connectivity index (χ0v) is 11.1. The first kappa shape index (κ1) is 14.0. The van der Waals surface area contributed by atoms with E-state index >= 15 is 0 Å². The minimum Gasteiger partial charge on any atom is -0.423 e. The van der Waals surface area contributed by atoms with E-state index in [0.29, 0.717) is 11.3 Å². The Bertz CT molecular complexity index is 486. The van der Waals surface area contributed by atoms with Gasteiger partial charge in [-0.05, 0) is 45.1 Å². The quantitative estimate of drug-likeness (QED) is 0.449. The molecule has 0 radical (unpaired) electrons. The number of benzene rings is 1. The normalized spacial score (nSPS) is 10.7. The van der Waals surface area contributed by atoms with Crippen LogP contribution in [0.1, 0.15) is 29.8 Å². The Hall–Kier alpha value is -2.09. The predicted octanol–water partition coefficient (Wildman–Crippen LogP) is 4.19. The number of hydrogen-bond acceptors (Lipinski definition) is 2. The smallest absolute Gasteiger partial charge is 0.343 e. The van der Waals surface area contributed by atoms with Crippen molar-refractivity contribution in [1.29, 1.82) is 0 Å². The summed E-state index contributed by atoms with van der Waals surface area (Å²) in [5.41, 5.74) is 2.77. The van der Waals surface area contributed by atoms with Crippen LogP contribution in [0.4, 0.5) is 0 Å². The molecule has 0 N–H and O–H groups in total. The number of carbonyl (C=O) groups excluding carboxylic acids is 1.